The number of nitrogens with two attached hydrogens (primary N) is 1. The molecule has 7 heteroatoms. The highest BCUT2D eigenvalue weighted by atomic mass is 127. The van der Waals surface area contributed by atoms with Gasteiger partial charge in [-0.25, -0.2) is 0 Å². The third kappa shape index (κ3) is 5.18. The Balaban J connectivity index is 2.25. The summed E-state index contributed by atoms with van der Waals surface area (Å²) in [7, 11) is 0. The monoisotopic (exact) mass is 653 g/mol. The third-order valence-corrected chi connectivity index (χ3v) is 5.38. The summed E-state index contributed by atoms with van der Waals surface area (Å²) in [5.41, 5.74) is 6.67. The van der Waals surface area contributed by atoms with E-state index in [1.807, 2.05) is 36.4 Å². The average molecular weight is 653 g/mol. The van der Waals surface area contributed by atoms with Crippen molar-refractivity contribution in [1.29, 1.82) is 0 Å². The van der Waals surface area contributed by atoms with Crippen molar-refractivity contribution in [1.82, 2.24) is 0 Å². The Morgan fingerprint density at radius 1 is 1.18 bits per heavy atom. The maximum atomic E-state index is 11.1. The minimum Gasteiger partial charge on any atom is -0.455 e. The summed E-state index contributed by atoms with van der Waals surface area (Å²) in [4.78, 5) is 11.1. The van der Waals surface area contributed by atoms with Crippen LogP contribution in [0.15, 0.2) is 36.4 Å². The van der Waals surface area contributed by atoms with Crippen LogP contribution in [0.5, 0.6) is 11.5 Å². The molecule has 0 saturated heterocycles. The Labute approximate surface area is 174 Å². The quantitative estimate of drug-likeness (QED) is 0.368. The Morgan fingerprint density at radius 3 is 2.36 bits per heavy atom. The van der Waals surface area contributed by atoms with E-state index in [4.69, 9.17) is 22.1 Å². The van der Waals surface area contributed by atoms with Crippen LogP contribution < -0.4 is 10.5 Å². The van der Waals surface area contributed by atoms with Crippen molar-refractivity contribution in [3.8, 4) is 11.5 Å². The number of rotatable bonds is 5. The summed E-state index contributed by atoms with van der Waals surface area (Å²) in [6, 6.07) is 11.1. The molecule has 0 aliphatic rings. The number of hydrogen-bond donors (Lipinski definition) is 1. The fraction of sp³-hybridized carbons (Fsp3) is 0.133. The minimum absolute atomic E-state index is 0.415. The number of carbonyl (C=O) groups excluding carboxylic acids is 1. The molecule has 2 rings (SSSR count). The molecule has 0 fully saturated rings. The van der Waals surface area contributed by atoms with Gasteiger partial charge in [-0.05, 0) is 122 Å². The third-order valence-electron chi connectivity index (χ3n) is 2.82. The van der Waals surface area contributed by atoms with Crippen LogP contribution >= 0.6 is 79.4 Å². The van der Waals surface area contributed by atoms with Crippen LogP contribution in [0.1, 0.15) is 5.56 Å². The molecule has 3 nitrogen and oxygen atoms in total. The summed E-state index contributed by atoms with van der Waals surface area (Å²) >= 11 is 12.1. The number of ether oxygens (including phenoxy) is 1. The zero-order valence-corrected chi connectivity index (χ0v) is 18.4. The second kappa shape index (κ2) is 8.45. The molecule has 2 aromatic rings. The SMILES string of the molecule is N[C@@H](Cc1cc(I)c(Oc2cccc(I)c2)c(I)c1)C(=O)Cl. The first kappa shape index (κ1) is 18.7. The van der Waals surface area contributed by atoms with Gasteiger partial charge in [-0.2, -0.15) is 0 Å². The standard InChI is InChI=1S/C15H11ClI3NO2/c16-15(21)13(20)6-8-4-11(18)14(12(19)5-8)22-10-3-1-2-9(17)7-10/h1-5,7,13H,6,20H2/t13-/m0/s1. The number of halogens is 4. The molecule has 0 radical (unpaired) electrons. The molecular weight excluding hydrogens is 642 g/mol. The molecule has 0 bridgehead atoms. The lowest BCUT2D eigenvalue weighted by Crippen LogP contribution is -2.29. The molecule has 116 valence electrons. The lowest BCUT2D eigenvalue weighted by molar-refractivity contribution is -0.112. The lowest BCUT2D eigenvalue weighted by Gasteiger charge is -2.13. The predicted octanol–water partition coefficient (Wildman–Crippen LogP) is 4.93. The number of hydrogen-bond acceptors (Lipinski definition) is 3. The zero-order chi connectivity index (χ0) is 16.3. The van der Waals surface area contributed by atoms with E-state index in [1.54, 1.807) is 0 Å². The summed E-state index contributed by atoms with van der Waals surface area (Å²) in [6.45, 7) is 0. The van der Waals surface area contributed by atoms with E-state index in [0.29, 0.717) is 6.42 Å². The molecule has 0 aromatic heterocycles. The summed E-state index contributed by atoms with van der Waals surface area (Å²) < 4.78 is 9.03. The van der Waals surface area contributed by atoms with Gasteiger partial charge in [0, 0.05) is 3.57 Å². The van der Waals surface area contributed by atoms with Gasteiger partial charge in [0.25, 0.3) is 0 Å². The molecule has 0 aliphatic heterocycles. The molecule has 2 N–H and O–H groups in total. The highest BCUT2D eigenvalue weighted by molar-refractivity contribution is 14.1. The minimum atomic E-state index is -0.685. The Morgan fingerprint density at radius 2 is 1.82 bits per heavy atom. The first-order chi connectivity index (χ1) is 10.4. The second-order valence-electron chi connectivity index (χ2n) is 4.56. The summed E-state index contributed by atoms with van der Waals surface area (Å²) in [5, 5.41) is -0.524. The van der Waals surface area contributed by atoms with Gasteiger partial charge in [-0.3, -0.25) is 4.79 Å². The molecule has 0 spiro atoms. The van der Waals surface area contributed by atoms with Crippen molar-refractivity contribution >= 4 is 84.6 Å². The normalized spacial score (nSPS) is 12.0. The van der Waals surface area contributed by atoms with E-state index < -0.39 is 11.3 Å². The topological polar surface area (TPSA) is 52.3 Å². The molecule has 0 amide bonds. The van der Waals surface area contributed by atoms with E-state index >= 15 is 0 Å². The van der Waals surface area contributed by atoms with Gasteiger partial charge in [-0.1, -0.05) is 6.07 Å². The first-order valence-electron chi connectivity index (χ1n) is 6.23. The van der Waals surface area contributed by atoms with Crippen molar-refractivity contribution in [2.45, 2.75) is 12.5 Å². The van der Waals surface area contributed by atoms with Crippen LogP contribution in [0.25, 0.3) is 0 Å². The Kier molecular flexibility index (Phi) is 7.18. The van der Waals surface area contributed by atoms with Crippen LogP contribution in [0.3, 0.4) is 0 Å². The van der Waals surface area contributed by atoms with E-state index in [1.165, 1.54) is 0 Å². The number of benzene rings is 2. The summed E-state index contributed by atoms with van der Waals surface area (Å²) in [5.74, 6) is 1.60. The highest BCUT2D eigenvalue weighted by Crippen LogP contribution is 2.33. The van der Waals surface area contributed by atoms with Crippen LogP contribution in [0, 0.1) is 10.7 Å². The maximum Gasteiger partial charge on any atom is 0.238 e. The molecule has 2 aromatic carbocycles. The van der Waals surface area contributed by atoms with Crippen LogP contribution in [-0.2, 0) is 11.2 Å². The van der Waals surface area contributed by atoms with Gasteiger partial charge >= 0.3 is 0 Å². The zero-order valence-electron chi connectivity index (χ0n) is 11.2. The second-order valence-corrected chi connectivity index (χ2v) is 8.51. The van der Waals surface area contributed by atoms with Gasteiger partial charge < -0.3 is 10.5 Å². The van der Waals surface area contributed by atoms with Crippen LogP contribution in [-0.4, -0.2) is 11.3 Å². The van der Waals surface area contributed by atoms with E-state index in [0.717, 1.165) is 27.8 Å². The summed E-state index contributed by atoms with van der Waals surface area (Å²) in [6.07, 6.45) is 0.415. The Hall–Kier alpha value is 0.350. The van der Waals surface area contributed by atoms with Crippen molar-refractivity contribution < 1.29 is 9.53 Å². The largest absolute Gasteiger partial charge is 0.455 e. The van der Waals surface area contributed by atoms with Gasteiger partial charge in [0.15, 0.2) is 5.75 Å². The maximum absolute atomic E-state index is 11.1. The number of carbonyl (C=O) groups is 1. The van der Waals surface area contributed by atoms with Gasteiger partial charge in [0.1, 0.15) is 5.75 Å². The van der Waals surface area contributed by atoms with Gasteiger partial charge in [0.2, 0.25) is 5.24 Å². The smallest absolute Gasteiger partial charge is 0.238 e. The van der Waals surface area contributed by atoms with E-state index in [-0.39, 0.29) is 0 Å². The van der Waals surface area contributed by atoms with Crippen molar-refractivity contribution in [2.24, 2.45) is 5.73 Å². The van der Waals surface area contributed by atoms with Gasteiger partial charge in [-0.15, -0.1) is 0 Å². The molecule has 0 aliphatic carbocycles. The van der Waals surface area contributed by atoms with Crippen molar-refractivity contribution in [2.75, 3.05) is 0 Å². The molecular formula is C15H11ClI3NO2. The molecule has 1 atom stereocenters. The average Bonchev–Trinajstić information content (AvgIpc) is 2.43. The van der Waals surface area contributed by atoms with Crippen LogP contribution in [0.4, 0.5) is 0 Å². The van der Waals surface area contributed by atoms with E-state index in [2.05, 4.69) is 67.8 Å². The van der Waals surface area contributed by atoms with Gasteiger partial charge in [0.05, 0.1) is 13.2 Å². The fourth-order valence-corrected chi connectivity index (χ4v) is 4.52. The first-order valence-corrected chi connectivity index (χ1v) is 9.84. The lowest BCUT2D eigenvalue weighted by atomic mass is 10.1. The van der Waals surface area contributed by atoms with Crippen molar-refractivity contribution in [3.63, 3.8) is 0 Å². The van der Waals surface area contributed by atoms with Crippen LogP contribution in [0.2, 0.25) is 0 Å². The van der Waals surface area contributed by atoms with Crippen molar-refractivity contribution in [3.05, 3.63) is 52.7 Å². The highest BCUT2D eigenvalue weighted by Gasteiger charge is 2.15. The fourth-order valence-electron chi connectivity index (χ4n) is 1.81. The molecule has 22 heavy (non-hydrogen) atoms. The predicted molar refractivity (Wildman–Crippen MR) is 114 cm³/mol. The Bertz CT molecular complexity index is 686. The van der Waals surface area contributed by atoms with E-state index in [9.17, 15) is 4.79 Å². The molecule has 0 unspecified atom stereocenters. The molecule has 0 saturated carbocycles. The molecule has 0 heterocycles.